The summed E-state index contributed by atoms with van der Waals surface area (Å²) in [4.78, 5) is 29.4. The highest BCUT2D eigenvalue weighted by Gasteiger charge is 2.45. The lowest BCUT2D eigenvalue weighted by molar-refractivity contribution is -0.908. The highest BCUT2D eigenvalue weighted by Crippen LogP contribution is 2.42. The predicted octanol–water partition coefficient (Wildman–Crippen LogP) is 1.01. The normalized spacial score (nSPS) is 20.2. The van der Waals surface area contributed by atoms with Crippen LogP contribution >= 0.6 is 0 Å². The number of likely N-dealkylation sites (tertiary alicyclic amines) is 1. The second kappa shape index (κ2) is 11.6. The molecule has 1 unspecified atom stereocenters. The zero-order valence-electron chi connectivity index (χ0n) is 21.1. The Hall–Kier alpha value is -3.36. The van der Waals surface area contributed by atoms with Crippen LogP contribution in [0.5, 0.6) is 11.5 Å². The molecule has 0 bridgehead atoms. The highest BCUT2D eigenvalue weighted by molar-refractivity contribution is 6.46. The van der Waals surface area contributed by atoms with Crippen LogP contribution < -0.4 is 19.5 Å². The third-order valence-electron chi connectivity index (χ3n) is 6.58. The molecule has 8 heteroatoms. The lowest BCUT2D eigenvalue weighted by atomic mass is 9.94. The van der Waals surface area contributed by atoms with Gasteiger partial charge in [0.2, 0.25) is 5.78 Å². The van der Waals surface area contributed by atoms with Crippen LogP contribution in [-0.2, 0) is 14.3 Å². The maximum atomic E-state index is 13.7. The fourth-order valence-corrected chi connectivity index (χ4v) is 4.84. The topological polar surface area (TPSA) is 92.6 Å². The van der Waals surface area contributed by atoms with E-state index in [4.69, 9.17) is 14.2 Å². The Morgan fingerprint density at radius 2 is 1.81 bits per heavy atom. The van der Waals surface area contributed by atoms with Crippen molar-refractivity contribution in [2.75, 3.05) is 46.5 Å². The van der Waals surface area contributed by atoms with Gasteiger partial charge in [0.15, 0.2) is 0 Å². The number of nitrogens with one attached hydrogen (secondary N) is 1. The van der Waals surface area contributed by atoms with E-state index in [1.165, 1.54) is 9.80 Å². The third kappa shape index (κ3) is 5.55. The number of hydrogen-bond donors (Lipinski definition) is 1. The van der Waals surface area contributed by atoms with E-state index in [0.717, 1.165) is 32.8 Å². The summed E-state index contributed by atoms with van der Waals surface area (Å²) in [6, 6.07) is 13.1. The lowest BCUT2D eigenvalue weighted by Gasteiger charge is -2.29. The molecule has 2 fully saturated rings. The molecule has 2 heterocycles. The number of Topliss-reactive ketones (excluding diaryl/α,β-unsaturated/α-hetero) is 1. The lowest BCUT2D eigenvalue weighted by Crippen LogP contribution is -3.14. The number of amides is 1. The first kappa shape index (κ1) is 25.7. The van der Waals surface area contributed by atoms with E-state index in [0.29, 0.717) is 35.6 Å². The van der Waals surface area contributed by atoms with Crippen molar-refractivity contribution < 1.29 is 33.8 Å². The minimum atomic E-state index is -0.806. The van der Waals surface area contributed by atoms with Crippen molar-refractivity contribution in [3.8, 4) is 11.5 Å². The van der Waals surface area contributed by atoms with E-state index < -0.39 is 23.5 Å². The molecule has 2 aromatic carbocycles. The molecule has 8 nitrogen and oxygen atoms in total. The van der Waals surface area contributed by atoms with Gasteiger partial charge in [-0.2, -0.15) is 0 Å². The maximum Gasteiger partial charge on any atom is 0.295 e. The van der Waals surface area contributed by atoms with Crippen LogP contribution in [0.3, 0.4) is 0 Å². The molecule has 4 rings (SSSR count). The Morgan fingerprint density at radius 3 is 2.47 bits per heavy atom. The van der Waals surface area contributed by atoms with Gasteiger partial charge >= 0.3 is 0 Å². The molecule has 0 spiro atoms. The molecule has 0 saturated carbocycles. The largest absolute Gasteiger partial charge is 0.872 e. The molecule has 192 valence electrons. The van der Waals surface area contributed by atoms with Crippen LogP contribution in [0.1, 0.15) is 37.4 Å². The van der Waals surface area contributed by atoms with Crippen LogP contribution in [0.15, 0.2) is 54.1 Å². The summed E-state index contributed by atoms with van der Waals surface area (Å²) in [5.41, 5.74) is 0.920. The number of carbonyl (C=O) groups is 2. The SMILES string of the molecule is COc1ccccc1C1/C(=C(\[O-])c2ccc(OC(C)C)cc2)C(=O)C(=O)N1CCC[NH+]1CCOCC1. The summed E-state index contributed by atoms with van der Waals surface area (Å²) in [7, 11) is 1.54. The minimum absolute atomic E-state index is 0.00209. The van der Waals surface area contributed by atoms with E-state index in [1.807, 2.05) is 32.0 Å². The molecule has 0 aliphatic carbocycles. The molecular formula is C28H34N2O6. The van der Waals surface area contributed by atoms with Crippen molar-refractivity contribution >= 4 is 17.4 Å². The van der Waals surface area contributed by atoms with Gasteiger partial charge in [-0.15, -0.1) is 0 Å². The molecule has 2 aromatic rings. The average molecular weight is 495 g/mol. The molecule has 2 saturated heterocycles. The molecule has 1 amide bonds. The first-order chi connectivity index (χ1) is 17.4. The van der Waals surface area contributed by atoms with Gasteiger partial charge in [-0.25, -0.2) is 0 Å². The predicted molar refractivity (Wildman–Crippen MR) is 133 cm³/mol. The molecule has 0 radical (unpaired) electrons. The molecular weight excluding hydrogens is 460 g/mol. The summed E-state index contributed by atoms with van der Waals surface area (Å²) in [5, 5.41) is 13.7. The van der Waals surface area contributed by atoms with Crippen LogP contribution in [0.4, 0.5) is 0 Å². The zero-order chi connectivity index (χ0) is 25.7. The van der Waals surface area contributed by atoms with E-state index >= 15 is 0 Å². The molecule has 1 N–H and O–H groups in total. The Bertz CT molecular complexity index is 1110. The number of benzene rings is 2. The van der Waals surface area contributed by atoms with Crippen molar-refractivity contribution in [2.45, 2.75) is 32.4 Å². The van der Waals surface area contributed by atoms with E-state index in [2.05, 4.69) is 0 Å². The van der Waals surface area contributed by atoms with Crippen molar-refractivity contribution in [1.29, 1.82) is 0 Å². The molecule has 1 atom stereocenters. The van der Waals surface area contributed by atoms with Crippen molar-refractivity contribution in [2.24, 2.45) is 0 Å². The van der Waals surface area contributed by atoms with Gasteiger partial charge in [-0.3, -0.25) is 9.59 Å². The van der Waals surface area contributed by atoms with Gasteiger partial charge in [0, 0.05) is 24.1 Å². The molecule has 36 heavy (non-hydrogen) atoms. The Morgan fingerprint density at radius 1 is 1.11 bits per heavy atom. The van der Waals surface area contributed by atoms with Crippen LogP contribution in [0, 0.1) is 0 Å². The van der Waals surface area contributed by atoms with Gasteiger partial charge in [0.25, 0.3) is 5.91 Å². The Kier molecular flexibility index (Phi) is 8.28. The van der Waals surface area contributed by atoms with Gasteiger partial charge in [0.1, 0.15) is 24.6 Å². The second-order valence-corrected chi connectivity index (χ2v) is 9.37. The Balaban J connectivity index is 1.68. The molecule has 0 aromatic heterocycles. The van der Waals surface area contributed by atoms with Crippen molar-refractivity contribution in [1.82, 2.24) is 4.90 Å². The second-order valence-electron chi connectivity index (χ2n) is 9.37. The standard InChI is InChI=1S/C28H34N2O6/c1-19(2)36-21-11-9-20(10-12-21)26(31)24-25(22-7-4-5-8-23(22)34-3)30(28(33)27(24)32)14-6-13-29-15-17-35-18-16-29/h4-5,7-12,19,25,31H,6,13-18H2,1-3H3/b26-24+. The summed E-state index contributed by atoms with van der Waals surface area (Å²) in [6.07, 6.45) is 0.709. The van der Waals surface area contributed by atoms with Crippen molar-refractivity contribution in [3.63, 3.8) is 0 Å². The van der Waals surface area contributed by atoms with E-state index in [-0.39, 0.29) is 11.7 Å². The minimum Gasteiger partial charge on any atom is -0.872 e. The maximum absolute atomic E-state index is 13.7. The van der Waals surface area contributed by atoms with Gasteiger partial charge in [-0.1, -0.05) is 36.1 Å². The van der Waals surface area contributed by atoms with Gasteiger partial charge in [0.05, 0.1) is 39.0 Å². The number of rotatable bonds is 9. The fraction of sp³-hybridized carbons (Fsp3) is 0.429. The van der Waals surface area contributed by atoms with Gasteiger partial charge < -0.3 is 29.1 Å². The number of ketones is 1. The quantitative estimate of drug-likeness (QED) is 0.318. The first-order valence-corrected chi connectivity index (χ1v) is 12.5. The molecule has 2 aliphatic rings. The molecule has 2 aliphatic heterocycles. The average Bonchev–Trinajstić information content (AvgIpc) is 3.14. The fourth-order valence-electron chi connectivity index (χ4n) is 4.84. The van der Waals surface area contributed by atoms with E-state index in [9.17, 15) is 14.7 Å². The third-order valence-corrected chi connectivity index (χ3v) is 6.58. The van der Waals surface area contributed by atoms with Crippen molar-refractivity contribution in [3.05, 3.63) is 65.2 Å². The summed E-state index contributed by atoms with van der Waals surface area (Å²) < 4.78 is 16.7. The number of nitrogens with zero attached hydrogens (tertiary/aromatic N) is 1. The summed E-state index contributed by atoms with van der Waals surface area (Å²) in [6.45, 7) is 8.39. The van der Waals surface area contributed by atoms with Crippen LogP contribution in [-0.4, -0.2) is 69.2 Å². The summed E-state index contributed by atoms with van der Waals surface area (Å²) in [5.74, 6) is -0.696. The smallest absolute Gasteiger partial charge is 0.295 e. The number of ether oxygens (including phenoxy) is 3. The van der Waals surface area contributed by atoms with Gasteiger partial charge in [-0.05, 0) is 37.6 Å². The number of morpholine rings is 1. The zero-order valence-corrected chi connectivity index (χ0v) is 21.1. The van der Waals surface area contributed by atoms with Crippen LogP contribution in [0.25, 0.3) is 5.76 Å². The first-order valence-electron chi connectivity index (χ1n) is 12.5. The summed E-state index contributed by atoms with van der Waals surface area (Å²) >= 11 is 0. The monoisotopic (exact) mass is 494 g/mol. The number of hydrogen-bond acceptors (Lipinski definition) is 6. The number of methoxy groups -OCH3 is 1. The van der Waals surface area contributed by atoms with Crippen LogP contribution in [0.2, 0.25) is 0 Å². The number of carbonyl (C=O) groups excluding carboxylic acids is 2. The Labute approximate surface area is 212 Å². The number of quaternary nitrogens is 1. The highest BCUT2D eigenvalue weighted by atomic mass is 16.5. The number of para-hydroxylation sites is 1. The van der Waals surface area contributed by atoms with E-state index in [1.54, 1.807) is 37.4 Å².